The maximum Gasteiger partial charge on any atom is 0.207 e. The largest absolute Gasteiger partial charge is 0.504 e. The van der Waals surface area contributed by atoms with Gasteiger partial charge in [0.25, 0.3) is 0 Å². The van der Waals surface area contributed by atoms with E-state index in [1.807, 2.05) is 6.07 Å². The first-order valence-corrected chi connectivity index (χ1v) is 7.29. The fraction of sp³-hybridized carbons (Fsp3) is 0.222. The molecule has 0 saturated heterocycles. The second kappa shape index (κ2) is 6.23. The summed E-state index contributed by atoms with van der Waals surface area (Å²) in [7, 11) is 4.45. The zero-order valence-corrected chi connectivity index (χ0v) is 13.6. The summed E-state index contributed by atoms with van der Waals surface area (Å²) < 4.78 is 21.1. The maximum atomic E-state index is 10.3. The second-order valence-corrected chi connectivity index (χ2v) is 5.27. The molecule has 0 saturated carbocycles. The van der Waals surface area contributed by atoms with Crippen molar-refractivity contribution in [3.63, 3.8) is 0 Å². The number of rotatable bonds is 4. The molecule has 0 atom stereocenters. The van der Waals surface area contributed by atoms with Crippen LogP contribution >= 0.6 is 0 Å². The zero-order chi connectivity index (χ0) is 17.3. The minimum absolute atomic E-state index is 0.0526. The number of hydrogen-bond acceptors (Lipinski definition) is 6. The van der Waals surface area contributed by atoms with E-state index in [4.69, 9.17) is 18.9 Å². The van der Waals surface area contributed by atoms with Gasteiger partial charge in [-0.05, 0) is 29.3 Å². The van der Waals surface area contributed by atoms with Gasteiger partial charge in [-0.3, -0.25) is 0 Å². The number of allylic oxidation sites excluding steroid dienone is 1. The van der Waals surface area contributed by atoms with E-state index in [2.05, 4.69) is 0 Å². The lowest BCUT2D eigenvalue weighted by molar-refractivity contribution is 0.320. The lowest BCUT2D eigenvalue weighted by Gasteiger charge is -2.21. The van der Waals surface area contributed by atoms with E-state index in [1.54, 1.807) is 24.5 Å². The van der Waals surface area contributed by atoms with Crippen molar-refractivity contribution in [2.24, 2.45) is 0 Å². The highest BCUT2D eigenvalue weighted by Gasteiger charge is 2.24. The Morgan fingerprint density at radius 3 is 2.33 bits per heavy atom. The van der Waals surface area contributed by atoms with Crippen molar-refractivity contribution in [1.29, 1.82) is 0 Å². The van der Waals surface area contributed by atoms with Gasteiger partial charge in [-0.1, -0.05) is 6.07 Å². The number of phenolic OH excluding ortho intramolecular Hbond substituents is 2. The summed E-state index contributed by atoms with van der Waals surface area (Å²) in [5.74, 6) is 1.36. The summed E-state index contributed by atoms with van der Waals surface area (Å²) in [5.41, 5.74) is 2.42. The van der Waals surface area contributed by atoms with Crippen LogP contribution in [0, 0.1) is 0 Å². The van der Waals surface area contributed by atoms with E-state index in [0.717, 1.165) is 16.7 Å². The monoisotopic (exact) mass is 330 g/mol. The summed E-state index contributed by atoms with van der Waals surface area (Å²) in [5, 5.41) is 20.2. The normalized spacial score (nSPS) is 12.7. The molecule has 0 fully saturated rings. The lowest BCUT2D eigenvalue weighted by atomic mass is 9.96. The molecule has 3 rings (SSSR count). The fourth-order valence-corrected chi connectivity index (χ4v) is 2.71. The van der Waals surface area contributed by atoms with Gasteiger partial charge in [0.05, 0.1) is 27.6 Å². The van der Waals surface area contributed by atoms with Crippen LogP contribution in [-0.4, -0.2) is 31.5 Å². The van der Waals surface area contributed by atoms with Crippen molar-refractivity contribution in [2.75, 3.05) is 21.3 Å². The van der Waals surface area contributed by atoms with Crippen LogP contribution in [0.3, 0.4) is 0 Å². The van der Waals surface area contributed by atoms with Gasteiger partial charge in [0.15, 0.2) is 23.0 Å². The number of fused-ring (bicyclic) bond motifs is 1. The third kappa shape index (κ3) is 2.56. The molecule has 1 heterocycles. The van der Waals surface area contributed by atoms with Crippen LogP contribution in [0.15, 0.2) is 30.5 Å². The van der Waals surface area contributed by atoms with Crippen molar-refractivity contribution < 1.29 is 29.2 Å². The molecule has 0 spiro atoms. The fourth-order valence-electron chi connectivity index (χ4n) is 2.71. The van der Waals surface area contributed by atoms with Gasteiger partial charge in [0.2, 0.25) is 11.5 Å². The highest BCUT2D eigenvalue weighted by molar-refractivity contribution is 5.74. The summed E-state index contributed by atoms with van der Waals surface area (Å²) in [6, 6.07) is 6.90. The van der Waals surface area contributed by atoms with Crippen molar-refractivity contribution in [1.82, 2.24) is 0 Å². The van der Waals surface area contributed by atoms with Crippen LogP contribution in [0.25, 0.3) is 5.57 Å². The van der Waals surface area contributed by atoms with E-state index in [9.17, 15) is 10.2 Å². The van der Waals surface area contributed by atoms with Gasteiger partial charge in [0.1, 0.15) is 0 Å². The third-order valence-electron chi connectivity index (χ3n) is 3.92. The third-order valence-corrected chi connectivity index (χ3v) is 3.92. The van der Waals surface area contributed by atoms with E-state index >= 15 is 0 Å². The molecule has 1 aliphatic rings. The lowest BCUT2D eigenvalue weighted by Crippen LogP contribution is -2.05. The Labute approximate surface area is 139 Å². The molecule has 0 aliphatic carbocycles. The molecule has 6 heteroatoms. The summed E-state index contributed by atoms with van der Waals surface area (Å²) in [4.78, 5) is 0. The molecule has 0 bridgehead atoms. The Balaban J connectivity index is 1.98. The minimum atomic E-state index is -0.0975. The van der Waals surface area contributed by atoms with Gasteiger partial charge in [-0.2, -0.15) is 0 Å². The molecule has 126 valence electrons. The smallest absolute Gasteiger partial charge is 0.207 e. The Bertz CT molecular complexity index is 810. The average Bonchev–Trinajstić information content (AvgIpc) is 2.61. The first-order chi connectivity index (χ1) is 11.6. The molecular weight excluding hydrogens is 312 g/mol. The number of phenols is 2. The van der Waals surface area contributed by atoms with Gasteiger partial charge < -0.3 is 29.2 Å². The molecule has 24 heavy (non-hydrogen) atoms. The highest BCUT2D eigenvalue weighted by atomic mass is 16.5. The number of benzene rings is 2. The number of hydrogen-bond donors (Lipinski definition) is 2. The van der Waals surface area contributed by atoms with E-state index in [1.165, 1.54) is 21.3 Å². The molecule has 0 radical (unpaired) electrons. The maximum absolute atomic E-state index is 10.3. The molecule has 1 aliphatic heterocycles. The van der Waals surface area contributed by atoms with Crippen LogP contribution in [-0.2, 0) is 6.42 Å². The number of ether oxygens (including phenoxy) is 4. The molecule has 2 N–H and O–H groups in total. The summed E-state index contributed by atoms with van der Waals surface area (Å²) in [6.45, 7) is 0. The summed E-state index contributed by atoms with van der Waals surface area (Å²) >= 11 is 0. The average molecular weight is 330 g/mol. The van der Waals surface area contributed by atoms with Crippen LogP contribution < -0.4 is 18.9 Å². The molecular formula is C18H18O6. The van der Waals surface area contributed by atoms with Crippen LogP contribution in [0.4, 0.5) is 0 Å². The topological polar surface area (TPSA) is 77.4 Å². The molecule has 0 unspecified atom stereocenters. The first kappa shape index (κ1) is 15.9. The number of aromatic hydroxyl groups is 2. The van der Waals surface area contributed by atoms with Crippen molar-refractivity contribution in [2.45, 2.75) is 6.42 Å². The predicted octanol–water partition coefficient (Wildman–Crippen LogP) is 3.10. The Morgan fingerprint density at radius 2 is 1.71 bits per heavy atom. The van der Waals surface area contributed by atoms with Crippen LogP contribution in [0.1, 0.15) is 11.1 Å². The first-order valence-electron chi connectivity index (χ1n) is 7.29. The Kier molecular flexibility index (Phi) is 4.12. The van der Waals surface area contributed by atoms with E-state index in [-0.39, 0.29) is 17.2 Å². The van der Waals surface area contributed by atoms with Crippen LogP contribution in [0.5, 0.6) is 34.5 Å². The second-order valence-electron chi connectivity index (χ2n) is 5.27. The molecule has 6 nitrogen and oxygen atoms in total. The van der Waals surface area contributed by atoms with Crippen molar-refractivity contribution in [3.8, 4) is 34.5 Å². The van der Waals surface area contributed by atoms with Gasteiger partial charge in [-0.15, -0.1) is 0 Å². The van der Waals surface area contributed by atoms with Gasteiger partial charge >= 0.3 is 0 Å². The van der Waals surface area contributed by atoms with Crippen LogP contribution in [0.2, 0.25) is 0 Å². The van der Waals surface area contributed by atoms with Crippen molar-refractivity contribution in [3.05, 3.63) is 41.7 Å². The van der Waals surface area contributed by atoms with Gasteiger partial charge in [-0.25, -0.2) is 0 Å². The molecule has 2 aromatic carbocycles. The van der Waals surface area contributed by atoms with Gasteiger partial charge in [0, 0.05) is 12.0 Å². The SMILES string of the molecule is COc1ccc(C2=COc3c(cc(OC)c(OC)c3O)C2)cc1O. The Hall–Kier alpha value is -3.02. The quantitative estimate of drug-likeness (QED) is 0.897. The summed E-state index contributed by atoms with van der Waals surface area (Å²) in [6.07, 6.45) is 2.06. The zero-order valence-electron chi connectivity index (χ0n) is 13.6. The van der Waals surface area contributed by atoms with Crippen molar-refractivity contribution >= 4 is 5.57 Å². The predicted molar refractivity (Wildman–Crippen MR) is 88.2 cm³/mol. The highest BCUT2D eigenvalue weighted by Crippen LogP contribution is 2.48. The van der Waals surface area contributed by atoms with E-state index < -0.39 is 0 Å². The minimum Gasteiger partial charge on any atom is -0.504 e. The van der Waals surface area contributed by atoms with E-state index in [0.29, 0.717) is 23.7 Å². The standard InChI is InChI=1S/C18H18O6/c1-21-14-5-4-10(7-13(14)19)12-6-11-8-15(22-2)18(23-3)16(20)17(11)24-9-12/h4-5,7-9,19-20H,6H2,1-3H3. The molecule has 0 amide bonds. The molecule has 2 aromatic rings. The number of methoxy groups -OCH3 is 3. The molecule has 0 aromatic heterocycles. The Morgan fingerprint density at radius 1 is 0.958 bits per heavy atom.